The van der Waals surface area contributed by atoms with E-state index in [1.54, 1.807) is 0 Å². The van der Waals surface area contributed by atoms with Gasteiger partial charge in [0.1, 0.15) is 0 Å². The number of rotatable bonds is 4. The Labute approximate surface area is 125 Å². The third kappa shape index (κ3) is 4.85. The van der Waals surface area contributed by atoms with Crippen molar-refractivity contribution in [2.75, 3.05) is 0 Å². The van der Waals surface area contributed by atoms with Crippen molar-refractivity contribution in [1.29, 1.82) is 0 Å². The van der Waals surface area contributed by atoms with Crippen LogP contribution in [0.4, 0.5) is 0 Å². The summed E-state index contributed by atoms with van der Waals surface area (Å²) < 4.78 is 0. The van der Waals surface area contributed by atoms with Crippen LogP contribution in [0.5, 0.6) is 0 Å². The van der Waals surface area contributed by atoms with Crippen LogP contribution >= 0.6 is 0 Å². The van der Waals surface area contributed by atoms with Crippen LogP contribution < -0.4 is 0 Å². The van der Waals surface area contributed by atoms with Crippen molar-refractivity contribution in [3.05, 3.63) is 71.4 Å². The normalized spacial score (nSPS) is 22.2. The second-order valence-electron chi connectivity index (χ2n) is 6.27. The van der Waals surface area contributed by atoms with Crippen molar-refractivity contribution in [2.24, 2.45) is 5.41 Å². The van der Waals surface area contributed by atoms with Crippen LogP contribution in [0.25, 0.3) is 0 Å². The monoisotopic (exact) mass is 268 g/mol. The first-order valence-corrected chi connectivity index (χ1v) is 7.40. The van der Waals surface area contributed by atoms with Crippen molar-refractivity contribution >= 4 is 0 Å². The van der Waals surface area contributed by atoms with Crippen molar-refractivity contribution in [3.63, 3.8) is 0 Å². The molecule has 0 heteroatoms. The summed E-state index contributed by atoms with van der Waals surface area (Å²) >= 11 is 0. The summed E-state index contributed by atoms with van der Waals surface area (Å²) in [6, 6.07) is 0. The molecule has 1 aliphatic carbocycles. The molecule has 20 heavy (non-hydrogen) atoms. The fourth-order valence-electron chi connectivity index (χ4n) is 2.47. The van der Waals surface area contributed by atoms with Gasteiger partial charge in [0.15, 0.2) is 0 Å². The molecule has 0 radical (unpaired) electrons. The number of hydrogen-bond donors (Lipinski definition) is 0. The molecule has 108 valence electrons. The van der Waals surface area contributed by atoms with Crippen molar-refractivity contribution in [3.8, 4) is 0 Å². The summed E-state index contributed by atoms with van der Waals surface area (Å²) in [5, 5.41) is 0. The maximum absolute atomic E-state index is 3.75. The van der Waals surface area contributed by atoms with E-state index in [1.807, 2.05) is 6.08 Å². The molecule has 1 aliphatic rings. The lowest BCUT2D eigenvalue weighted by atomic mass is 9.73. The molecule has 0 amide bonds. The molecule has 1 rings (SSSR count). The molecule has 0 N–H and O–H groups in total. The maximum Gasteiger partial charge on any atom is -0.00981 e. The lowest BCUT2D eigenvalue weighted by Gasteiger charge is -2.32. The molecule has 0 saturated heterocycles. The van der Waals surface area contributed by atoms with Gasteiger partial charge >= 0.3 is 0 Å². The highest BCUT2D eigenvalue weighted by molar-refractivity contribution is 5.40. The van der Waals surface area contributed by atoms with Crippen LogP contribution in [0.1, 0.15) is 47.5 Å². The Morgan fingerprint density at radius 3 is 2.50 bits per heavy atom. The smallest absolute Gasteiger partial charge is 0.00981 e. The summed E-state index contributed by atoms with van der Waals surface area (Å²) in [6.07, 6.45) is 17.4. The topological polar surface area (TPSA) is 0 Å². The van der Waals surface area contributed by atoms with Gasteiger partial charge in [0.25, 0.3) is 0 Å². The van der Waals surface area contributed by atoms with Gasteiger partial charge in [0, 0.05) is 0 Å². The summed E-state index contributed by atoms with van der Waals surface area (Å²) in [5.41, 5.74) is 5.63. The fraction of sp³-hybridized carbons (Fsp3) is 0.400. The van der Waals surface area contributed by atoms with Crippen LogP contribution in [0.2, 0.25) is 0 Å². The Morgan fingerprint density at radius 2 is 1.90 bits per heavy atom. The van der Waals surface area contributed by atoms with E-state index in [0.29, 0.717) is 5.41 Å². The predicted molar refractivity (Wildman–Crippen MR) is 91.7 cm³/mol. The van der Waals surface area contributed by atoms with Crippen molar-refractivity contribution in [2.45, 2.75) is 47.5 Å². The van der Waals surface area contributed by atoms with Gasteiger partial charge in [-0.05, 0) is 44.6 Å². The van der Waals surface area contributed by atoms with Gasteiger partial charge < -0.3 is 0 Å². The number of allylic oxidation sites excluding steroid dienone is 11. The molecule has 0 spiro atoms. The minimum atomic E-state index is 0.290. The molecular weight excluding hydrogens is 240 g/mol. The third-order valence-corrected chi connectivity index (χ3v) is 3.93. The van der Waals surface area contributed by atoms with E-state index in [4.69, 9.17) is 0 Å². The van der Waals surface area contributed by atoms with E-state index in [1.165, 1.54) is 35.1 Å². The molecule has 0 nitrogen and oxygen atoms in total. The Bertz CT molecular complexity index is 502. The van der Waals surface area contributed by atoms with Crippen molar-refractivity contribution < 1.29 is 0 Å². The standard InChI is InChI=1S/C20H28/c1-7-16(2)10-8-11-17(3)13-14-19-18(4)12-9-15-20(19,5)6/h7-8,10-14H,1,9,15H2,2-6H3/b11-8+,16-10+,17-13+,19-14-. The maximum atomic E-state index is 3.75. The molecule has 0 aromatic carbocycles. The number of hydrogen-bond acceptors (Lipinski definition) is 0. The van der Waals surface area contributed by atoms with Gasteiger partial charge in [-0.3, -0.25) is 0 Å². The van der Waals surface area contributed by atoms with E-state index in [9.17, 15) is 0 Å². The van der Waals surface area contributed by atoms with E-state index in [0.717, 1.165) is 0 Å². The lowest BCUT2D eigenvalue weighted by molar-refractivity contribution is 0.404. The first kappa shape index (κ1) is 16.5. The molecule has 0 aliphatic heterocycles. The van der Waals surface area contributed by atoms with Crippen LogP contribution in [0, 0.1) is 5.41 Å². The van der Waals surface area contributed by atoms with E-state index in [-0.39, 0.29) is 0 Å². The third-order valence-electron chi connectivity index (χ3n) is 3.93. The van der Waals surface area contributed by atoms with Gasteiger partial charge in [0.05, 0.1) is 0 Å². The molecule has 0 heterocycles. The summed E-state index contributed by atoms with van der Waals surface area (Å²) in [5.74, 6) is 0. The van der Waals surface area contributed by atoms with Crippen LogP contribution in [0.15, 0.2) is 71.4 Å². The fourth-order valence-corrected chi connectivity index (χ4v) is 2.47. The minimum absolute atomic E-state index is 0.290. The summed E-state index contributed by atoms with van der Waals surface area (Å²) in [6.45, 7) is 14.8. The van der Waals surface area contributed by atoms with Gasteiger partial charge in [-0.25, -0.2) is 0 Å². The van der Waals surface area contributed by atoms with Gasteiger partial charge in [-0.15, -0.1) is 0 Å². The zero-order chi connectivity index (χ0) is 15.2. The molecular formula is C20H28. The molecule has 0 aromatic rings. The SMILES string of the molecule is C=C/C(C)=C/C=C/C(C)=C/C=C1/C(C)=CCCC1(C)C. The molecule has 0 unspecified atom stereocenters. The first-order valence-electron chi connectivity index (χ1n) is 7.40. The highest BCUT2D eigenvalue weighted by atomic mass is 14.3. The summed E-state index contributed by atoms with van der Waals surface area (Å²) in [7, 11) is 0. The Kier molecular flexibility index (Phi) is 6.01. The quantitative estimate of drug-likeness (QED) is 0.524. The average molecular weight is 268 g/mol. The van der Waals surface area contributed by atoms with Gasteiger partial charge in [-0.1, -0.05) is 79.7 Å². The molecule has 0 atom stereocenters. The van der Waals surface area contributed by atoms with E-state index < -0.39 is 0 Å². The van der Waals surface area contributed by atoms with E-state index in [2.05, 4.69) is 77.7 Å². The van der Waals surface area contributed by atoms with Gasteiger partial charge in [-0.2, -0.15) is 0 Å². The average Bonchev–Trinajstić information content (AvgIpc) is 2.37. The Hall–Kier alpha value is -1.56. The Balaban J connectivity index is 2.88. The Morgan fingerprint density at radius 1 is 1.20 bits per heavy atom. The molecule has 0 saturated carbocycles. The highest BCUT2D eigenvalue weighted by Gasteiger charge is 2.26. The predicted octanol–water partition coefficient (Wildman–Crippen LogP) is 6.31. The molecule has 0 aromatic heterocycles. The summed E-state index contributed by atoms with van der Waals surface area (Å²) in [4.78, 5) is 0. The first-order chi connectivity index (χ1) is 9.36. The van der Waals surface area contributed by atoms with Crippen LogP contribution in [0.3, 0.4) is 0 Å². The van der Waals surface area contributed by atoms with Gasteiger partial charge in [0.2, 0.25) is 0 Å². The lowest BCUT2D eigenvalue weighted by Crippen LogP contribution is -2.18. The van der Waals surface area contributed by atoms with E-state index >= 15 is 0 Å². The minimum Gasteiger partial charge on any atom is -0.0988 e. The molecule has 0 fully saturated rings. The zero-order valence-corrected chi connectivity index (χ0v) is 13.7. The van der Waals surface area contributed by atoms with Crippen LogP contribution in [-0.4, -0.2) is 0 Å². The highest BCUT2D eigenvalue weighted by Crippen LogP contribution is 2.40. The second-order valence-corrected chi connectivity index (χ2v) is 6.27. The molecule has 0 bridgehead atoms. The van der Waals surface area contributed by atoms with Crippen molar-refractivity contribution in [1.82, 2.24) is 0 Å². The second kappa shape index (κ2) is 7.28. The largest absolute Gasteiger partial charge is 0.0988 e. The zero-order valence-electron chi connectivity index (χ0n) is 13.7. The van der Waals surface area contributed by atoms with Crippen LogP contribution in [-0.2, 0) is 0 Å².